The zero-order chi connectivity index (χ0) is 18.8. The molecule has 2 aromatic rings. The van der Waals surface area contributed by atoms with E-state index in [0.29, 0.717) is 30.8 Å². The largest absolute Gasteiger partial charge is 0.494 e. The highest BCUT2D eigenvalue weighted by Crippen LogP contribution is 2.17. The minimum absolute atomic E-state index is 0.0171. The second-order valence-electron chi connectivity index (χ2n) is 6.05. The number of unbranched alkanes of at least 4 members (excludes halogenated alkanes) is 1. The summed E-state index contributed by atoms with van der Waals surface area (Å²) in [6.07, 6.45) is 3.18. The molecule has 0 saturated heterocycles. The van der Waals surface area contributed by atoms with Crippen molar-refractivity contribution in [3.8, 4) is 5.75 Å². The van der Waals surface area contributed by atoms with E-state index in [9.17, 15) is 9.59 Å². The number of anilines is 1. The van der Waals surface area contributed by atoms with Gasteiger partial charge in [-0.1, -0.05) is 31.5 Å². The predicted octanol–water partition coefficient (Wildman–Crippen LogP) is 3.80. The number of amides is 2. The molecule has 0 aliphatic heterocycles. The molecular formula is C21H26N2O3. The van der Waals surface area contributed by atoms with Crippen molar-refractivity contribution in [1.82, 2.24) is 5.32 Å². The molecular weight excluding hydrogens is 328 g/mol. The molecule has 0 bridgehead atoms. The third kappa shape index (κ3) is 6.24. The van der Waals surface area contributed by atoms with Gasteiger partial charge in [-0.3, -0.25) is 9.59 Å². The Kier molecular flexibility index (Phi) is 7.68. The molecule has 0 saturated carbocycles. The van der Waals surface area contributed by atoms with Gasteiger partial charge in [-0.05, 0) is 48.7 Å². The summed E-state index contributed by atoms with van der Waals surface area (Å²) >= 11 is 0. The summed E-state index contributed by atoms with van der Waals surface area (Å²) in [7, 11) is 1.63. The smallest absolute Gasteiger partial charge is 0.255 e. The Morgan fingerprint density at radius 2 is 1.85 bits per heavy atom. The molecule has 0 atom stereocenters. The lowest BCUT2D eigenvalue weighted by atomic mass is 10.1. The molecule has 0 unspecified atom stereocenters. The number of nitrogens with one attached hydrogen (secondary N) is 2. The Bertz CT molecular complexity index is 726. The Morgan fingerprint density at radius 1 is 1.08 bits per heavy atom. The molecule has 0 aliphatic rings. The molecule has 0 heterocycles. The van der Waals surface area contributed by atoms with Crippen molar-refractivity contribution in [1.29, 1.82) is 0 Å². The highest BCUT2D eigenvalue weighted by Gasteiger charge is 2.08. The maximum absolute atomic E-state index is 12.4. The molecule has 138 valence electrons. The summed E-state index contributed by atoms with van der Waals surface area (Å²) in [5.74, 6) is 0.545. The lowest BCUT2D eigenvalue weighted by Crippen LogP contribution is -2.17. The standard InChI is InChI=1S/C21H26N2O3/c1-3-4-14-26-19-7-5-6-17(15-19)21(25)23-18-11-8-16(9-12-18)10-13-20(24)22-2/h5-9,11-12,15H,3-4,10,13-14H2,1-2H3,(H,22,24)(H,23,25). The van der Waals surface area contributed by atoms with Crippen LogP contribution in [0.4, 0.5) is 5.69 Å². The van der Waals surface area contributed by atoms with Crippen LogP contribution in [-0.4, -0.2) is 25.5 Å². The summed E-state index contributed by atoms with van der Waals surface area (Å²) in [6, 6.07) is 14.7. The number of aryl methyl sites for hydroxylation is 1. The monoisotopic (exact) mass is 354 g/mol. The molecule has 5 nitrogen and oxygen atoms in total. The Hall–Kier alpha value is -2.82. The van der Waals surface area contributed by atoms with Crippen molar-refractivity contribution in [3.05, 3.63) is 59.7 Å². The molecule has 2 amide bonds. The molecule has 0 radical (unpaired) electrons. The summed E-state index contributed by atoms with van der Waals surface area (Å²) in [5, 5.41) is 5.49. The fraction of sp³-hybridized carbons (Fsp3) is 0.333. The van der Waals surface area contributed by atoms with Crippen molar-refractivity contribution in [2.24, 2.45) is 0 Å². The van der Waals surface area contributed by atoms with Crippen molar-refractivity contribution in [2.75, 3.05) is 19.0 Å². The Morgan fingerprint density at radius 3 is 2.54 bits per heavy atom. The van der Waals surface area contributed by atoms with Crippen LogP contribution < -0.4 is 15.4 Å². The van der Waals surface area contributed by atoms with Crippen LogP contribution in [0.15, 0.2) is 48.5 Å². The topological polar surface area (TPSA) is 67.4 Å². The van der Waals surface area contributed by atoms with Gasteiger partial charge >= 0.3 is 0 Å². The van der Waals surface area contributed by atoms with Gasteiger partial charge in [0.2, 0.25) is 5.91 Å². The minimum atomic E-state index is -0.177. The van der Waals surface area contributed by atoms with Gasteiger partial charge < -0.3 is 15.4 Å². The van der Waals surface area contributed by atoms with E-state index in [-0.39, 0.29) is 11.8 Å². The Labute approximate surface area is 154 Å². The van der Waals surface area contributed by atoms with E-state index < -0.39 is 0 Å². The fourth-order valence-electron chi connectivity index (χ4n) is 2.40. The summed E-state index contributed by atoms with van der Waals surface area (Å²) in [5.41, 5.74) is 2.33. The summed E-state index contributed by atoms with van der Waals surface area (Å²) in [6.45, 7) is 2.76. The molecule has 2 rings (SSSR count). The van der Waals surface area contributed by atoms with Gasteiger partial charge in [0.25, 0.3) is 5.91 Å². The maximum atomic E-state index is 12.4. The number of hydrogen-bond donors (Lipinski definition) is 2. The molecule has 2 N–H and O–H groups in total. The van der Waals surface area contributed by atoms with Gasteiger partial charge in [0.1, 0.15) is 5.75 Å². The quantitative estimate of drug-likeness (QED) is 0.673. The van der Waals surface area contributed by atoms with Crippen LogP contribution in [0.1, 0.15) is 42.1 Å². The number of rotatable bonds is 9. The zero-order valence-electron chi connectivity index (χ0n) is 15.4. The normalized spacial score (nSPS) is 10.2. The van der Waals surface area contributed by atoms with Gasteiger partial charge in [-0.25, -0.2) is 0 Å². The fourth-order valence-corrected chi connectivity index (χ4v) is 2.40. The van der Waals surface area contributed by atoms with Crippen LogP contribution in [0.3, 0.4) is 0 Å². The molecule has 2 aromatic carbocycles. The molecule has 0 fully saturated rings. The molecule has 26 heavy (non-hydrogen) atoms. The van der Waals surface area contributed by atoms with Crippen molar-refractivity contribution < 1.29 is 14.3 Å². The Balaban J connectivity index is 1.92. The maximum Gasteiger partial charge on any atom is 0.255 e. The highest BCUT2D eigenvalue weighted by atomic mass is 16.5. The average molecular weight is 354 g/mol. The number of ether oxygens (including phenoxy) is 1. The first kappa shape index (κ1) is 19.5. The second kappa shape index (κ2) is 10.2. The predicted molar refractivity (Wildman–Crippen MR) is 104 cm³/mol. The highest BCUT2D eigenvalue weighted by molar-refractivity contribution is 6.04. The first-order valence-electron chi connectivity index (χ1n) is 8.96. The second-order valence-corrected chi connectivity index (χ2v) is 6.05. The van der Waals surface area contributed by atoms with Gasteiger partial charge in [0.05, 0.1) is 6.61 Å². The molecule has 0 spiro atoms. The third-order valence-corrected chi connectivity index (χ3v) is 3.99. The lowest BCUT2D eigenvalue weighted by molar-refractivity contribution is -0.120. The van der Waals surface area contributed by atoms with Crippen molar-refractivity contribution in [3.63, 3.8) is 0 Å². The number of hydrogen-bond acceptors (Lipinski definition) is 3. The number of benzene rings is 2. The van der Waals surface area contributed by atoms with E-state index in [1.807, 2.05) is 36.4 Å². The van der Waals surface area contributed by atoms with E-state index in [1.54, 1.807) is 19.2 Å². The number of carbonyl (C=O) groups is 2. The van der Waals surface area contributed by atoms with Crippen LogP contribution in [0.25, 0.3) is 0 Å². The SMILES string of the molecule is CCCCOc1cccc(C(=O)Nc2ccc(CCC(=O)NC)cc2)c1. The van der Waals surface area contributed by atoms with Gasteiger partial charge in [-0.2, -0.15) is 0 Å². The summed E-state index contributed by atoms with van der Waals surface area (Å²) < 4.78 is 5.65. The van der Waals surface area contributed by atoms with E-state index in [0.717, 1.165) is 24.1 Å². The van der Waals surface area contributed by atoms with Gasteiger partial charge in [-0.15, -0.1) is 0 Å². The molecule has 0 aliphatic carbocycles. The lowest BCUT2D eigenvalue weighted by Gasteiger charge is -2.09. The first-order chi connectivity index (χ1) is 12.6. The minimum Gasteiger partial charge on any atom is -0.494 e. The van der Waals surface area contributed by atoms with Crippen LogP contribution >= 0.6 is 0 Å². The van der Waals surface area contributed by atoms with Gasteiger partial charge in [0.15, 0.2) is 0 Å². The third-order valence-electron chi connectivity index (χ3n) is 3.99. The van der Waals surface area contributed by atoms with Crippen LogP contribution in [0.2, 0.25) is 0 Å². The van der Waals surface area contributed by atoms with E-state index in [1.165, 1.54) is 0 Å². The first-order valence-corrected chi connectivity index (χ1v) is 8.96. The molecule has 0 aromatic heterocycles. The van der Waals surface area contributed by atoms with Crippen molar-refractivity contribution in [2.45, 2.75) is 32.6 Å². The van der Waals surface area contributed by atoms with Crippen LogP contribution in [0, 0.1) is 0 Å². The van der Waals surface area contributed by atoms with Crippen molar-refractivity contribution >= 4 is 17.5 Å². The van der Waals surface area contributed by atoms with Gasteiger partial charge in [0, 0.05) is 24.7 Å². The van der Waals surface area contributed by atoms with E-state index >= 15 is 0 Å². The van der Waals surface area contributed by atoms with E-state index in [2.05, 4.69) is 17.6 Å². The molecule has 5 heteroatoms. The van der Waals surface area contributed by atoms with E-state index in [4.69, 9.17) is 4.74 Å². The zero-order valence-corrected chi connectivity index (χ0v) is 15.4. The van der Waals surface area contributed by atoms with Crippen LogP contribution in [-0.2, 0) is 11.2 Å². The number of carbonyl (C=O) groups excluding carboxylic acids is 2. The summed E-state index contributed by atoms with van der Waals surface area (Å²) in [4.78, 5) is 23.7. The average Bonchev–Trinajstić information content (AvgIpc) is 2.67. The van der Waals surface area contributed by atoms with Crippen LogP contribution in [0.5, 0.6) is 5.75 Å².